The summed E-state index contributed by atoms with van der Waals surface area (Å²) in [5, 5.41) is 8.90. The Balaban J connectivity index is 1.74. The molecule has 0 aromatic heterocycles. The molecule has 0 saturated heterocycles. The number of rotatable bonds is 9. The van der Waals surface area contributed by atoms with Crippen LogP contribution >= 0.6 is 0 Å². The van der Waals surface area contributed by atoms with Gasteiger partial charge in [-0.1, -0.05) is 60.7 Å². The molecule has 0 aliphatic rings. The fraction of sp³-hybridized carbons (Fsp3) is 0.240. The van der Waals surface area contributed by atoms with Crippen molar-refractivity contribution in [2.24, 2.45) is 5.10 Å². The number of carbonyl (C=O) groups is 2. The second-order valence-corrected chi connectivity index (χ2v) is 6.96. The molecule has 32 heavy (non-hydrogen) atoms. The number of nitrogens with one attached hydrogen (secondary N) is 2. The molecule has 0 heterocycles. The molecule has 166 valence electrons. The average Bonchev–Trinajstić information content (AvgIpc) is 2.80. The molecule has 0 radical (unpaired) electrons. The van der Waals surface area contributed by atoms with Gasteiger partial charge in [0.15, 0.2) is 0 Å². The number of fused-ring (bicyclic) bond motifs is 1. The molecular weight excluding hydrogens is 406 g/mol. The number of ether oxygens (including phenoxy) is 2. The first-order chi connectivity index (χ1) is 15.6. The van der Waals surface area contributed by atoms with Crippen LogP contribution in [0.4, 0.5) is 4.79 Å². The minimum Gasteiger partial charge on any atom is -0.493 e. The highest BCUT2D eigenvalue weighted by Gasteiger charge is 2.19. The molecule has 3 aromatic rings. The van der Waals surface area contributed by atoms with Crippen molar-refractivity contribution in [2.45, 2.75) is 26.3 Å². The van der Waals surface area contributed by atoms with Gasteiger partial charge in [0.1, 0.15) is 5.75 Å². The van der Waals surface area contributed by atoms with Gasteiger partial charge in [-0.2, -0.15) is 5.10 Å². The van der Waals surface area contributed by atoms with E-state index in [9.17, 15) is 9.59 Å². The minimum absolute atomic E-state index is 0.00796. The molecule has 2 N–H and O–H groups in total. The van der Waals surface area contributed by atoms with Gasteiger partial charge in [0.2, 0.25) is 5.91 Å². The van der Waals surface area contributed by atoms with E-state index in [-0.39, 0.29) is 18.9 Å². The smallest absolute Gasteiger partial charge is 0.407 e. The van der Waals surface area contributed by atoms with Crippen molar-refractivity contribution in [3.63, 3.8) is 0 Å². The van der Waals surface area contributed by atoms with E-state index in [4.69, 9.17) is 9.47 Å². The highest BCUT2D eigenvalue weighted by molar-refractivity contribution is 6.02. The molecule has 1 atom stereocenters. The molecule has 0 aliphatic heterocycles. The molecule has 0 spiro atoms. The van der Waals surface area contributed by atoms with Crippen molar-refractivity contribution < 1.29 is 19.1 Å². The number of hydrogen-bond acceptors (Lipinski definition) is 5. The lowest BCUT2D eigenvalue weighted by Crippen LogP contribution is -2.33. The molecule has 7 nitrogen and oxygen atoms in total. The maximum atomic E-state index is 12.6. The summed E-state index contributed by atoms with van der Waals surface area (Å²) in [5.41, 5.74) is 4.14. The Labute approximate surface area is 187 Å². The second-order valence-electron chi connectivity index (χ2n) is 6.96. The van der Waals surface area contributed by atoms with Crippen LogP contribution in [0.1, 0.15) is 37.4 Å². The molecule has 0 aliphatic carbocycles. The van der Waals surface area contributed by atoms with Gasteiger partial charge in [-0.15, -0.1) is 0 Å². The first kappa shape index (κ1) is 22.8. The molecule has 2 amide bonds. The second kappa shape index (κ2) is 11.5. The van der Waals surface area contributed by atoms with Gasteiger partial charge < -0.3 is 14.8 Å². The van der Waals surface area contributed by atoms with Crippen LogP contribution in [-0.2, 0) is 9.53 Å². The van der Waals surface area contributed by atoms with E-state index in [2.05, 4.69) is 15.8 Å². The van der Waals surface area contributed by atoms with Crippen molar-refractivity contribution in [3.05, 3.63) is 77.9 Å². The maximum absolute atomic E-state index is 12.6. The molecule has 3 rings (SSSR count). The lowest BCUT2D eigenvalue weighted by Gasteiger charge is -2.18. The number of hydrazone groups is 1. The maximum Gasteiger partial charge on any atom is 0.407 e. The number of carbonyl (C=O) groups excluding carboxylic acids is 2. The van der Waals surface area contributed by atoms with Crippen molar-refractivity contribution in [1.29, 1.82) is 0 Å². The highest BCUT2D eigenvalue weighted by Crippen LogP contribution is 2.26. The zero-order valence-electron chi connectivity index (χ0n) is 18.2. The van der Waals surface area contributed by atoms with Crippen molar-refractivity contribution in [1.82, 2.24) is 10.7 Å². The molecule has 0 unspecified atom stereocenters. The molecule has 7 heteroatoms. The summed E-state index contributed by atoms with van der Waals surface area (Å²) in [5.74, 6) is 0.348. The Bertz CT molecular complexity index is 1080. The predicted molar refractivity (Wildman–Crippen MR) is 125 cm³/mol. The number of alkyl carbamates (subject to hydrolysis) is 1. The Morgan fingerprint density at radius 1 is 0.969 bits per heavy atom. The fourth-order valence-electron chi connectivity index (χ4n) is 3.34. The number of hydrogen-bond donors (Lipinski definition) is 2. The van der Waals surface area contributed by atoms with Gasteiger partial charge in [-0.25, -0.2) is 10.2 Å². The summed E-state index contributed by atoms with van der Waals surface area (Å²) in [6.07, 6.45) is 1.02. The Hall–Kier alpha value is -3.87. The standard InChI is InChI=1S/C25H27N3O4/c1-3-31-23-15-14-18-10-8-9-13-20(18)21(23)17-26-28-24(29)16-22(27-25(30)32-4-2)19-11-6-5-7-12-19/h5-15,17,22H,3-4,16H2,1-2H3,(H,27,30)(H,28,29)/b26-17-/t22-/m0/s1. The Morgan fingerprint density at radius 2 is 1.72 bits per heavy atom. The van der Waals surface area contributed by atoms with Crippen LogP contribution in [0.3, 0.4) is 0 Å². The van der Waals surface area contributed by atoms with Crippen molar-refractivity contribution in [3.8, 4) is 5.75 Å². The fourth-order valence-corrected chi connectivity index (χ4v) is 3.34. The van der Waals surface area contributed by atoms with Gasteiger partial charge in [0.25, 0.3) is 0 Å². The van der Waals surface area contributed by atoms with Gasteiger partial charge in [-0.05, 0) is 36.2 Å². The zero-order valence-corrected chi connectivity index (χ0v) is 18.2. The lowest BCUT2D eigenvalue weighted by atomic mass is 10.0. The van der Waals surface area contributed by atoms with E-state index in [1.54, 1.807) is 13.1 Å². The highest BCUT2D eigenvalue weighted by atomic mass is 16.5. The van der Waals surface area contributed by atoms with Crippen LogP contribution < -0.4 is 15.5 Å². The summed E-state index contributed by atoms with van der Waals surface area (Å²) in [6.45, 7) is 4.40. The summed E-state index contributed by atoms with van der Waals surface area (Å²) in [6, 6.07) is 20.5. The van der Waals surface area contributed by atoms with Crippen LogP contribution in [0.2, 0.25) is 0 Å². The minimum atomic E-state index is -0.574. The van der Waals surface area contributed by atoms with E-state index in [0.717, 1.165) is 21.9 Å². The first-order valence-electron chi connectivity index (χ1n) is 10.6. The van der Waals surface area contributed by atoms with Gasteiger partial charge in [0, 0.05) is 5.56 Å². The summed E-state index contributed by atoms with van der Waals surface area (Å²) < 4.78 is 10.7. The normalized spacial score (nSPS) is 11.8. The SMILES string of the molecule is CCOC(=O)N[C@@H](CC(=O)N/N=C\c1c(OCC)ccc2ccccc12)c1ccccc1. The van der Waals surface area contributed by atoms with E-state index in [1.165, 1.54) is 0 Å². The zero-order chi connectivity index (χ0) is 22.8. The largest absolute Gasteiger partial charge is 0.493 e. The number of nitrogens with zero attached hydrogens (tertiary/aromatic N) is 1. The summed E-state index contributed by atoms with van der Waals surface area (Å²) in [4.78, 5) is 24.5. The van der Waals surface area contributed by atoms with Crippen molar-refractivity contribution in [2.75, 3.05) is 13.2 Å². The third-order valence-corrected chi connectivity index (χ3v) is 4.77. The molecular formula is C25H27N3O4. The summed E-state index contributed by atoms with van der Waals surface area (Å²) >= 11 is 0. The van der Waals surface area contributed by atoms with E-state index >= 15 is 0 Å². The third-order valence-electron chi connectivity index (χ3n) is 4.77. The Morgan fingerprint density at radius 3 is 2.47 bits per heavy atom. The molecule has 0 fully saturated rings. The number of benzene rings is 3. The lowest BCUT2D eigenvalue weighted by molar-refractivity contribution is -0.121. The Kier molecular flexibility index (Phi) is 8.20. The molecule has 0 bridgehead atoms. The molecule has 3 aromatic carbocycles. The van der Waals surface area contributed by atoms with E-state index in [1.807, 2.05) is 73.7 Å². The van der Waals surface area contributed by atoms with Crippen LogP contribution in [0.25, 0.3) is 10.8 Å². The van der Waals surface area contributed by atoms with Crippen LogP contribution in [0, 0.1) is 0 Å². The van der Waals surface area contributed by atoms with Crippen LogP contribution in [0.5, 0.6) is 5.75 Å². The van der Waals surface area contributed by atoms with E-state index < -0.39 is 12.1 Å². The monoisotopic (exact) mass is 433 g/mol. The summed E-state index contributed by atoms with van der Waals surface area (Å²) in [7, 11) is 0. The third kappa shape index (κ3) is 6.07. The van der Waals surface area contributed by atoms with Crippen LogP contribution in [0.15, 0.2) is 71.8 Å². The average molecular weight is 434 g/mol. The van der Waals surface area contributed by atoms with Crippen LogP contribution in [-0.4, -0.2) is 31.4 Å². The van der Waals surface area contributed by atoms with Gasteiger partial charge >= 0.3 is 6.09 Å². The predicted octanol–water partition coefficient (Wildman–Crippen LogP) is 4.57. The van der Waals surface area contributed by atoms with Gasteiger partial charge in [-0.3, -0.25) is 4.79 Å². The molecule has 0 saturated carbocycles. The number of amides is 2. The quantitative estimate of drug-likeness (QED) is 0.382. The van der Waals surface area contributed by atoms with Gasteiger partial charge in [0.05, 0.1) is 31.9 Å². The van der Waals surface area contributed by atoms with E-state index in [0.29, 0.717) is 12.4 Å². The first-order valence-corrected chi connectivity index (χ1v) is 10.6. The van der Waals surface area contributed by atoms with Crippen molar-refractivity contribution >= 4 is 29.0 Å². The topological polar surface area (TPSA) is 89.0 Å².